The molecule has 2 heterocycles. The van der Waals surface area contributed by atoms with Crippen LogP contribution in [0.1, 0.15) is 21.5 Å². The lowest BCUT2D eigenvalue weighted by Crippen LogP contribution is -2.48. The number of amides is 1. The number of carbonyl (C=O) groups is 1. The Labute approximate surface area is 206 Å². The van der Waals surface area contributed by atoms with Crippen LogP contribution in [0.3, 0.4) is 0 Å². The molecule has 0 bridgehead atoms. The van der Waals surface area contributed by atoms with E-state index in [2.05, 4.69) is 21.8 Å². The Hall–Kier alpha value is -3.20. The molecule has 0 spiro atoms. The lowest BCUT2D eigenvalue weighted by atomic mass is 9.95. The van der Waals surface area contributed by atoms with Crippen molar-refractivity contribution < 1.29 is 17.9 Å². The summed E-state index contributed by atoms with van der Waals surface area (Å²) in [5.74, 6) is -0.0160. The van der Waals surface area contributed by atoms with Crippen LogP contribution < -0.4 is 9.62 Å². The van der Waals surface area contributed by atoms with Gasteiger partial charge in [0.25, 0.3) is 5.91 Å². The quantitative estimate of drug-likeness (QED) is 0.573. The predicted molar refractivity (Wildman–Crippen MR) is 135 cm³/mol. The van der Waals surface area contributed by atoms with Crippen molar-refractivity contribution in [1.82, 2.24) is 9.62 Å². The van der Waals surface area contributed by atoms with E-state index in [1.165, 1.54) is 0 Å². The van der Waals surface area contributed by atoms with E-state index in [4.69, 9.17) is 4.74 Å². The third-order valence-corrected chi connectivity index (χ3v) is 8.00. The molecule has 1 amide bonds. The molecule has 1 atom stereocenters. The SMILES string of the molecule is O=C(c1ccc2c(c1)CC(NS(=O)(=O)c1ccccc1)CN2Cc1ccccc1)N1CCOCC1. The largest absolute Gasteiger partial charge is 0.378 e. The highest BCUT2D eigenvalue weighted by molar-refractivity contribution is 7.89. The fraction of sp³-hybridized carbons (Fsp3) is 0.296. The van der Waals surface area contributed by atoms with Crippen LogP contribution in [0.2, 0.25) is 0 Å². The number of rotatable bonds is 6. The van der Waals surface area contributed by atoms with Gasteiger partial charge in [-0.15, -0.1) is 0 Å². The van der Waals surface area contributed by atoms with E-state index in [0.717, 1.165) is 16.8 Å². The number of sulfonamides is 1. The van der Waals surface area contributed by atoms with Gasteiger partial charge < -0.3 is 14.5 Å². The molecule has 182 valence electrons. The molecule has 0 saturated carbocycles. The Bertz CT molecular complexity index is 1280. The highest BCUT2D eigenvalue weighted by atomic mass is 32.2. The topological polar surface area (TPSA) is 79.0 Å². The summed E-state index contributed by atoms with van der Waals surface area (Å²) in [7, 11) is -3.67. The van der Waals surface area contributed by atoms with Gasteiger partial charge in [0.05, 0.1) is 18.1 Å². The predicted octanol–water partition coefficient (Wildman–Crippen LogP) is 3.07. The zero-order valence-electron chi connectivity index (χ0n) is 19.5. The van der Waals surface area contributed by atoms with Crippen LogP contribution in [0, 0.1) is 0 Å². The van der Waals surface area contributed by atoms with Gasteiger partial charge in [0.2, 0.25) is 10.0 Å². The van der Waals surface area contributed by atoms with Gasteiger partial charge in [-0.25, -0.2) is 13.1 Å². The normalized spacial score (nSPS) is 18.2. The molecule has 8 heteroatoms. The summed E-state index contributed by atoms with van der Waals surface area (Å²) in [4.78, 5) is 17.3. The molecular formula is C27H29N3O4S. The van der Waals surface area contributed by atoms with E-state index in [9.17, 15) is 13.2 Å². The number of nitrogens with zero attached hydrogens (tertiary/aromatic N) is 2. The Kier molecular flexibility index (Phi) is 6.86. The molecule has 2 aliphatic rings. The van der Waals surface area contributed by atoms with Crippen LogP contribution in [0.25, 0.3) is 0 Å². The van der Waals surface area contributed by atoms with Crippen LogP contribution in [-0.2, 0) is 27.7 Å². The number of hydrogen-bond acceptors (Lipinski definition) is 5. The summed E-state index contributed by atoms with van der Waals surface area (Å²) in [6, 6.07) is 24.0. The van der Waals surface area contributed by atoms with E-state index in [0.29, 0.717) is 51.4 Å². The minimum atomic E-state index is -3.67. The molecule has 0 aromatic heterocycles. The van der Waals surface area contributed by atoms with Crippen LogP contribution in [0.15, 0.2) is 83.8 Å². The van der Waals surface area contributed by atoms with Crippen molar-refractivity contribution in [3.63, 3.8) is 0 Å². The summed E-state index contributed by atoms with van der Waals surface area (Å²) in [5.41, 5.74) is 3.75. The molecule has 7 nitrogen and oxygen atoms in total. The van der Waals surface area contributed by atoms with Crippen LogP contribution in [0.5, 0.6) is 0 Å². The van der Waals surface area contributed by atoms with Gasteiger partial charge in [0.15, 0.2) is 0 Å². The molecule has 1 fully saturated rings. The van der Waals surface area contributed by atoms with Crippen molar-refractivity contribution in [2.24, 2.45) is 0 Å². The minimum absolute atomic E-state index is 0.0160. The van der Waals surface area contributed by atoms with Crippen molar-refractivity contribution in [2.45, 2.75) is 23.9 Å². The summed E-state index contributed by atoms with van der Waals surface area (Å²) >= 11 is 0. The van der Waals surface area contributed by atoms with Crippen molar-refractivity contribution in [1.29, 1.82) is 0 Å². The summed E-state index contributed by atoms with van der Waals surface area (Å²) in [6.07, 6.45) is 0.511. The summed E-state index contributed by atoms with van der Waals surface area (Å²) < 4.78 is 34.4. The number of carbonyl (C=O) groups excluding carboxylic acids is 1. The van der Waals surface area contributed by atoms with Crippen LogP contribution >= 0.6 is 0 Å². The first kappa shape index (κ1) is 23.5. The van der Waals surface area contributed by atoms with Crippen molar-refractivity contribution in [2.75, 3.05) is 37.7 Å². The van der Waals surface area contributed by atoms with Gasteiger partial charge in [0, 0.05) is 43.5 Å². The third kappa shape index (κ3) is 5.40. The average Bonchev–Trinajstić information content (AvgIpc) is 2.89. The highest BCUT2D eigenvalue weighted by Gasteiger charge is 2.30. The number of nitrogens with one attached hydrogen (secondary N) is 1. The standard InChI is InChI=1S/C27H29N3O4S/c31-27(29-13-15-34-16-14-29)22-11-12-26-23(17-22)18-24(20-30(26)19-21-7-3-1-4-8-21)28-35(32,33)25-9-5-2-6-10-25/h1-12,17,24,28H,13-16,18-20H2. The fourth-order valence-corrected chi connectivity index (χ4v) is 6.00. The van der Waals surface area contributed by atoms with Crippen molar-refractivity contribution >= 4 is 21.6 Å². The van der Waals surface area contributed by atoms with Crippen LogP contribution in [-0.4, -0.2) is 58.1 Å². The maximum Gasteiger partial charge on any atom is 0.254 e. The first-order valence-corrected chi connectivity index (χ1v) is 13.3. The second-order valence-electron chi connectivity index (χ2n) is 8.95. The van der Waals surface area contributed by atoms with Gasteiger partial charge in [-0.1, -0.05) is 48.5 Å². The molecular weight excluding hydrogens is 462 g/mol. The number of benzene rings is 3. The Balaban J connectivity index is 1.44. The van der Waals surface area contributed by atoms with Gasteiger partial charge in [-0.3, -0.25) is 4.79 Å². The molecule has 2 aliphatic heterocycles. The molecule has 1 N–H and O–H groups in total. The molecule has 1 saturated heterocycles. The molecule has 35 heavy (non-hydrogen) atoms. The molecule has 3 aromatic carbocycles. The highest BCUT2D eigenvalue weighted by Crippen LogP contribution is 2.31. The number of morpholine rings is 1. The van der Waals surface area contributed by atoms with Gasteiger partial charge in [0.1, 0.15) is 0 Å². The van der Waals surface area contributed by atoms with Gasteiger partial charge in [-0.05, 0) is 47.9 Å². The third-order valence-electron chi connectivity index (χ3n) is 6.46. The monoisotopic (exact) mass is 491 g/mol. The first-order chi connectivity index (χ1) is 17.0. The lowest BCUT2D eigenvalue weighted by molar-refractivity contribution is 0.0303. The second-order valence-corrected chi connectivity index (χ2v) is 10.7. The van der Waals surface area contributed by atoms with E-state index >= 15 is 0 Å². The minimum Gasteiger partial charge on any atom is -0.378 e. The number of ether oxygens (including phenoxy) is 1. The smallest absolute Gasteiger partial charge is 0.254 e. The Morgan fingerprint density at radius 1 is 0.943 bits per heavy atom. The molecule has 5 rings (SSSR count). The summed E-state index contributed by atoms with van der Waals surface area (Å²) in [6.45, 7) is 3.43. The zero-order chi connectivity index (χ0) is 24.3. The Morgan fingerprint density at radius 3 is 2.34 bits per heavy atom. The van der Waals surface area contributed by atoms with Crippen molar-refractivity contribution in [3.8, 4) is 0 Å². The molecule has 0 aliphatic carbocycles. The zero-order valence-corrected chi connectivity index (χ0v) is 20.3. The maximum absolute atomic E-state index is 13.1. The molecule has 3 aromatic rings. The van der Waals surface area contributed by atoms with Crippen molar-refractivity contribution in [3.05, 3.63) is 95.6 Å². The summed E-state index contributed by atoms with van der Waals surface area (Å²) in [5, 5.41) is 0. The fourth-order valence-electron chi connectivity index (χ4n) is 4.75. The lowest BCUT2D eigenvalue weighted by Gasteiger charge is -2.37. The van der Waals surface area contributed by atoms with E-state index < -0.39 is 10.0 Å². The molecule has 1 unspecified atom stereocenters. The number of fused-ring (bicyclic) bond motifs is 1. The van der Waals surface area contributed by atoms with Gasteiger partial charge in [-0.2, -0.15) is 0 Å². The van der Waals surface area contributed by atoms with E-state index in [-0.39, 0.29) is 16.8 Å². The van der Waals surface area contributed by atoms with Crippen LogP contribution in [0.4, 0.5) is 5.69 Å². The average molecular weight is 492 g/mol. The van der Waals surface area contributed by atoms with E-state index in [1.54, 1.807) is 30.3 Å². The molecule has 0 radical (unpaired) electrons. The van der Waals surface area contributed by atoms with E-state index in [1.807, 2.05) is 41.3 Å². The van der Waals surface area contributed by atoms with Gasteiger partial charge >= 0.3 is 0 Å². The number of hydrogen-bond donors (Lipinski definition) is 1. The Morgan fingerprint density at radius 2 is 1.63 bits per heavy atom. The second kappa shape index (κ2) is 10.2. The maximum atomic E-state index is 13.1. The number of anilines is 1. The first-order valence-electron chi connectivity index (χ1n) is 11.9.